The number of esters is 1. The van der Waals surface area contributed by atoms with E-state index in [0.29, 0.717) is 43.7 Å². The smallest absolute Gasteiger partial charge is 0.363 e. The minimum absolute atomic E-state index is 0.0319. The van der Waals surface area contributed by atoms with Crippen molar-refractivity contribution in [3.8, 4) is 11.5 Å². The number of hydroxylamine groups is 2. The zero-order valence-corrected chi connectivity index (χ0v) is 24.9. The monoisotopic (exact) mass is 620 g/mol. The number of ether oxygens (including phenoxy) is 2. The van der Waals surface area contributed by atoms with Crippen LogP contribution in [-0.2, 0) is 31.1 Å². The molecule has 2 heterocycles. The lowest BCUT2D eigenvalue weighted by Crippen LogP contribution is -2.37. The Balaban J connectivity index is 1.54. The maximum absolute atomic E-state index is 14.0. The Labute approximate surface area is 252 Å². The SMILES string of the molecule is COc1ccc2c(c1)c(C(=O)Oc1c(C)cc(C(=O)ON3C(=O)CCC3=O)cc1C)c1ccccc1[n+]2CCCS(=O)(=O)[O-]. The second-order valence-corrected chi connectivity index (χ2v) is 11.9. The molecule has 3 aromatic carbocycles. The molecule has 0 radical (unpaired) electrons. The van der Waals surface area contributed by atoms with Crippen LogP contribution in [0.3, 0.4) is 0 Å². The van der Waals surface area contributed by atoms with Crippen molar-refractivity contribution in [3.05, 3.63) is 76.9 Å². The van der Waals surface area contributed by atoms with E-state index in [0.717, 1.165) is 0 Å². The van der Waals surface area contributed by atoms with Crippen LogP contribution >= 0.6 is 0 Å². The number of benzene rings is 3. The highest BCUT2D eigenvalue weighted by atomic mass is 32.2. The third-order valence-corrected chi connectivity index (χ3v) is 8.07. The molecule has 0 atom stereocenters. The fraction of sp³-hybridized carbons (Fsp3) is 0.258. The van der Waals surface area contributed by atoms with Gasteiger partial charge in [-0.3, -0.25) is 9.59 Å². The largest absolute Gasteiger partial charge is 0.748 e. The van der Waals surface area contributed by atoms with Crippen LogP contribution in [0.1, 0.15) is 51.1 Å². The molecule has 0 bridgehead atoms. The van der Waals surface area contributed by atoms with Gasteiger partial charge in [0.1, 0.15) is 11.5 Å². The number of pyridine rings is 1. The molecule has 0 N–H and O–H groups in total. The minimum atomic E-state index is -4.41. The second kappa shape index (κ2) is 12.0. The first-order chi connectivity index (χ1) is 20.9. The van der Waals surface area contributed by atoms with Crippen LogP contribution in [-0.4, -0.2) is 54.6 Å². The molecule has 0 aliphatic carbocycles. The first-order valence-corrected chi connectivity index (χ1v) is 15.2. The molecule has 1 aliphatic heterocycles. The van der Waals surface area contributed by atoms with E-state index >= 15 is 0 Å². The van der Waals surface area contributed by atoms with Gasteiger partial charge in [0.05, 0.1) is 39.1 Å². The van der Waals surface area contributed by atoms with Crippen LogP contribution in [0, 0.1) is 13.8 Å². The molecule has 44 heavy (non-hydrogen) atoms. The number of hydrogen-bond donors (Lipinski definition) is 0. The average molecular weight is 621 g/mol. The summed E-state index contributed by atoms with van der Waals surface area (Å²) in [6, 6.07) is 15.1. The van der Waals surface area contributed by atoms with Gasteiger partial charge in [-0.05, 0) is 55.3 Å². The number of amides is 2. The number of methoxy groups -OCH3 is 1. The van der Waals surface area contributed by atoms with Gasteiger partial charge in [-0.2, -0.15) is 4.57 Å². The highest BCUT2D eigenvalue weighted by molar-refractivity contribution is 7.85. The van der Waals surface area contributed by atoms with Crippen LogP contribution in [0.4, 0.5) is 0 Å². The number of carbonyl (C=O) groups is 4. The number of fused-ring (bicyclic) bond motifs is 2. The Kier molecular flexibility index (Phi) is 8.35. The molecule has 228 valence electrons. The number of imide groups is 1. The number of aromatic nitrogens is 1. The van der Waals surface area contributed by atoms with Crippen LogP contribution < -0.4 is 14.0 Å². The lowest BCUT2D eigenvalue weighted by molar-refractivity contribution is -0.645. The van der Waals surface area contributed by atoms with Gasteiger partial charge >= 0.3 is 11.9 Å². The fourth-order valence-corrected chi connectivity index (χ4v) is 5.78. The molecule has 5 rings (SSSR count). The summed E-state index contributed by atoms with van der Waals surface area (Å²) < 4.78 is 47.0. The third kappa shape index (κ3) is 6.10. The summed E-state index contributed by atoms with van der Waals surface area (Å²) in [5.74, 6) is -2.65. The van der Waals surface area contributed by atoms with Crippen LogP contribution in [0.25, 0.3) is 21.8 Å². The van der Waals surface area contributed by atoms with Crippen molar-refractivity contribution in [2.75, 3.05) is 12.9 Å². The number of carbonyl (C=O) groups excluding carboxylic acids is 4. The fourth-order valence-electron chi connectivity index (χ4n) is 5.30. The molecule has 4 aromatic rings. The Morgan fingerprint density at radius 3 is 2.18 bits per heavy atom. The van der Waals surface area contributed by atoms with E-state index < -0.39 is 39.6 Å². The highest BCUT2D eigenvalue weighted by Gasteiger charge is 2.33. The summed E-state index contributed by atoms with van der Waals surface area (Å²) in [6.45, 7) is 3.48. The van der Waals surface area contributed by atoms with Crippen molar-refractivity contribution in [3.63, 3.8) is 0 Å². The molecule has 0 unspecified atom stereocenters. The summed E-state index contributed by atoms with van der Waals surface area (Å²) in [6.07, 6.45) is 0.00430. The predicted octanol–water partition coefficient (Wildman–Crippen LogP) is 3.28. The van der Waals surface area contributed by atoms with E-state index in [4.69, 9.17) is 14.3 Å². The normalized spacial score (nSPS) is 13.5. The zero-order chi connectivity index (χ0) is 31.8. The van der Waals surface area contributed by atoms with Crippen molar-refractivity contribution >= 4 is 55.7 Å². The van der Waals surface area contributed by atoms with Gasteiger partial charge in [0.15, 0.2) is 6.54 Å². The third-order valence-electron chi connectivity index (χ3n) is 7.28. The summed E-state index contributed by atoms with van der Waals surface area (Å²) in [7, 11) is -2.93. The van der Waals surface area contributed by atoms with Crippen molar-refractivity contribution < 1.29 is 51.0 Å². The maximum atomic E-state index is 14.0. The lowest BCUT2D eigenvalue weighted by atomic mass is 10.0. The topological polar surface area (TPSA) is 160 Å². The van der Waals surface area contributed by atoms with E-state index in [1.165, 1.54) is 19.2 Å². The number of nitrogens with zero attached hydrogens (tertiary/aromatic N) is 2. The molecule has 1 aliphatic rings. The minimum Gasteiger partial charge on any atom is -0.748 e. The van der Waals surface area contributed by atoms with Gasteiger partial charge < -0.3 is 18.9 Å². The number of rotatable bonds is 9. The maximum Gasteiger partial charge on any atom is 0.363 e. The van der Waals surface area contributed by atoms with E-state index in [-0.39, 0.29) is 42.7 Å². The van der Waals surface area contributed by atoms with Crippen LogP contribution in [0.2, 0.25) is 0 Å². The Morgan fingerprint density at radius 2 is 1.55 bits per heavy atom. The van der Waals surface area contributed by atoms with E-state index in [9.17, 15) is 32.1 Å². The summed E-state index contributed by atoms with van der Waals surface area (Å²) >= 11 is 0. The standard InChI is InChI=1S/C31H28N2O10S/c1-18-15-20(30(36)43-33-26(34)11-12-27(33)35)16-19(2)29(18)42-31(37)28-22-7-4-5-8-24(22)32(13-6-14-44(38,39)40)25-10-9-21(41-3)17-23(25)28/h4-5,7-10,15-17H,6,11-14H2,1-3H3. The van der Waals surface area contributed by atoms with E-state index in [1.807, 2.05) is 4.57 Å². The summed E-state index contributed by atoms with van der Waals surface area (Å²) in [5.41, 5.74) is 2.38. The number of aryl methyl sites for hydroxylation is 3. The second-order valence-electron chi connectivity index (χ2n) is 10.3. The molecule has 2 amide bonds. The summed E-state index contributed by atoms with van der Waals surface area (Å²) in [5, 5.41) is 1.47. The van der Waals surface area contributed by atoms with Crippen molar-refractivity contribution in [2.24, 2.45) is 0 Å². The van der Waals surface area contributed by atoms with Gasteiger partial charge in [0, 0.05) is 37.1 Å². The van der Waals surface area contributed by atoms with Gasteiger partial charge in [-0.25, -0.2) is 18.0 Å². The first-order valence-electron chi connectivity index (χ1n) is 13.7. The van der Waals surface area contributed by atoms with E-state index in [2.05, 4.69) is 0 Å². The molecular formula is C31H28N2O10S. The van der Waals surface area contributed by atoms with Gasteiger partial charge in [0.2, 0.25) is 11.0 Å². The van der Waals surface area contributed by atoms with Gasteiger partial charge in [-0.15, -0.1) is 5.06 Å². The van der Waals surface area contributed by atoms with Crippen LogP contribution in [0.5, 0.6) is 11.5 Å². The van der Waals surface area contributed by atoms with Crippen molar-refractivity contribution in [2.45, 2.75) is 39.7 Å². The molecule has 1 fully saturated rings. The van der Waals surface area contributed by atoms with Gasteiger partial charge in [-0.1, -0.05) is 12.1 Å². The number of hydrogen-bond acceptors (Lipinski definition) is 10. The summed E-state index contributed by atoms with van der Waals surface area (Å²) in [4.78, 5) is 55.4. The van der Waals surface area contributed by atoms with Crippen LogP contribution in [0.15, 0.2) is 54.6 Å². The highest BCUT2D eigenvalue weighted by Crippen LogP contribution is 2.32. The molecule has 13 heteroatoms. The average Bonchev–Trinajstić information content (AvgIpc) is 3.29. The van der Waals surface area contributed by atoms with Gasteiger partial charge in [0.25, 0.3) is 11.8 Å². The Hall–Kier alpha value is -4.88. The predicted molar refractivity (Wildman–Crippen MR) is 155 cm³/mol. The lowest BCUT2D eigenvalue weighted by Gasteiger charge is -2.16. The molecule has 0 saturated carbocycles. The molecule has 0 spiro atoms. The Morgan fingerprint density at radius 1 is 0.909 bits per heavy atom. The molecular weight excluding hydrogens is 592 g/mol. The van der Waals surface area contributed by atoms with E-state index in [1.54, 1.807) is 56.3 Å². The molecule has 12 nitrogen and oxygen atoms in total. The van der Waals surface area contributed by atoms with Crippen molar-refractivity contribution in [1.82, 2.24) is 5.06 Å². The Bertz CT molecular complexity index is 1930. The molecule has 1 aromatic heterocycles. The quantitative estimate of drug-likeness (QED) is 0.0678. The first kappa shape index (κ1) is 30.6. The molecule has 1 saturated heterocycles. The zero-order valence-electron chi connectivity index (χ0n) is 24.1. The van der Waals surface area contributed by atoms with Crippen molar-refractivity contribution in [1.29, 1.82) is 0 Å². The number of para-hydroxylation sites is 1.